The third-order valence-electron chi connectivity index (χ3n) is 12.4. The number of aliphatic hydroxyl groups is 1. The van der Waals surface area contributed by atoms with Crippen molar-refractivity contribution < 1.29 is 52.8 Å². The molecule has 318 valence electrons. The molecule has 0 unspecified atom stereocenters. The Labute approximate surface area is 341 Å². The maximum absolute atomic E-state index is 14.5. The highest BCUT2D eigenvalue weighted by Gasteiger charge is 2.57. The Morgan fingerprint density at radius 3 is 2.47 bits per heavy atom. The Morgan fingerprint density at radius 2 is 1.78 bits per heavy atom. The number of alkyl carbamates (subject to hydrolysis) is 1. The second-order valence-electron chi connectivity index (χ2n) is 17.1. The van der Waals surface area contributed by atoms with Crippen molar-refractivity contribution in [1.29, 1.82) is 0 Å². The summed E-state index contributed by atoms with van der Waals surface area (Å²) in [6.07, 6.45) is 0.0508. The number of amides is 1. The van der Waals surface area contributed by atoms with E-state index in [0.29, 0.717) is 6.42 Å². The lowest BCUT2D eigenvalue weighted by Gasteiger charge is -2.47. The van der Waals surface area contributed by atoms with Crippen LogP contribution in [0.5, 0.6) is 0 Å². The summed E-state index contributed by atoms with van der Waals surface area (Å²) in [6, 6.07) is 9.25. The number of likely N-dealkylation sites (N-methyl/N-ethyl adjacent to an activating group) is 1. The Kier molecular flexibility index (Phi) is 14.2. The number of nitrogens with zero attached hydrogens (tertiary/aromatic N) is 2. The number of cyclic esters (lactones) is 1. The minimum Gasteiger partial charge on any atom is -0.458 e. The highest BCUT2D eigenvalue weighted by Crippen LogP contribution is 2.45. The molecule has 3 fully saturated rings. The summed E-state index contributed by atoms with van der Waals surface area (Å²) in [7, 11) is 3.66. The number of aliphatic hydroxyl groups excluding tert-OH is 1. The second kappa shape index (κ2) is 18.4. The lowest BCUT2D eigenvalue weighted by molar-refractivity contribution is -0.292. The fraction of sp³-hybridized carbons (Fsp3) is 0.636. The summed E-state index contributed by atoms with van der Waals surface area (Å²) in [5.41, 5.74) is -1.29. The predicted molar refractivity (Wildman–Crippen MR) is 215 cm³/mol. The third kappa shape index (κ3) is 9.62. The zero-order valence-corrected chi connectivity index (χ0v) is 35.4. The van der Waals surface area contributed by atoms with Crippen LogP contribution in [-0.4, -0.2) is 113 Å². The normalized spacial score (nSPS) is 36.7. The molecule has 2 N–H and O–H groups in total. The van der Waals surface area contributed by atoms with E-state index < -0.39 is 89.2 Å². The van der Waals surface area contributed by atoms with Crippen LogP contribution in [0, 0.1) is 29.6 Å². The van der Waals surface area contributed by atoms with E-state index >= 15 is 0 Å². The molecule has 13 atom stereocenters. The lowest BCUT2D eigenvalue weighted by atomic mass is 9.70. The van der Waals surface area contributed by atoms with E-state index in [0.717, 1.165) is 16.5 Å². The van der Waals surface area contributed by atoms with Crippen LogP contribution >= 0.6 is 0 Å². The summed E-state index contributed by atoms with van der Waals surface area (Å²) in [5, 5.41) is 15.3. The molecule has 0 radical (unpaired) electrons. The van der Waals surface area contributed by atoms with Crippen LogP contribution in [0.4, 0.5) is 4.79 Å². The summed E-state index contributed by atoms with van der Waals surface area (Å²) in [5.74, 6) is -6.81. The molecule has 58 heavy (non-hydrogen) atoms. The molecule has 14 nitrogen and oxygen atoms in total. The molecule has 0 bridgehead atoms. The molecule has 1 aromatic carbocycles. The van der Waals surface area contributed by atoms with Crippen molar-refractivity contribution in [2.75, 3.05) is 20.6 Å². The molecular formula is C44H61N3O11. The number of ketones is 2. The van der Waals surface area contributed by atoms with Gasteiger partial charge in [0.05, 0.1) is 18.0 Å². The highest BCUT2D eigenvalue weighted by atomic mass is 16.7. The van der Waals surface area contributed by atoms with Gasteiger partial charge in [-0.2, -0.15) is 0 Å². The van der Waals surface area contributed by atoms with Crippen molar-refractivity contribution in [3.8, 4) is 0 Å². The zero-order chi connectivity index (χ0) is 42.7. The van der Waals surface area contributed by atoms with Crippen LogP contribution in [0.15, 0.2) is 42.6 Å². The largest absolute Gasteiger partial charge is 0.458 e. The molecule has 0 spiro atoms. The number of fused-ring (bicyclic) bond motifs is 2. The number of Topliss-reactive ketones (excluding diaryl/α,β-unsaturated/α-hetero) is 2. The summed E-state index contributed by atoms with van der Waals surface area (Å²) in [4.78, 5) is 75.6. The smallest absolute Gasteiger partial charge is 0.408 e. The summed E-state index contributed by atoms with van der Waals surface area (Å²) in [6.45, 7) is 13.4. The van der Waals surface area contributed by atoms with Gasteiger partial charge in [-0.05, 0) is 84.8 Å². The minimum absolute atomic E-state index is 0.0661. The molecule has 1 aromatic heterocycles. The van der Waals surface area contributed by atoms with Gasteiger partial charge in [0.15, 0.2) is 12.1 Å². The van der Waals surface area contributed by atoms with E-state index in [1.54, 1.807) is 53.8 Å². The maximum Gasteiger partial charge on any atom is 0.408 e. The van der Waals surface area contributed by atoms with Crippen molar-refractivity contribution >= 4 is 46.6 Å². The zero-order valence-electron chi connectivity index (χ0n) is 35.4. The number of carbonyl (C=O) groups excluding carboxylic acids is 5. The third-order valence-corrected chi connectivity index (χ3v) is 12.4. The molecule has 3 saturated heterocycles. The topological polar surface area (TPSA) is 180 Å². The van der Waals surface area contributed by atoms with E-state index in [-0.39, 0.29) is 43.7 Å². The van der Waals surface area contributed by atoms with Crippen LogP contribution in [0.25, 0.3) is 17.0 Å². The van der Waals surface area contributed by atoms with E-state index in [9.17, 15) is 29.1 Å². The Bertz CT molecular complexity index is 1870. The Balaban J connectivity index is 1.51. The van der Waals surface area contributed by atoms with Gasteiger partial charge in [-0.25, -0.2) is 4.79 Å². The van der Waals surface area contributed by atoms with Gasteiger partial charge in [0, 0.05) is 47.8 Å². The van der Waals surface area contributed by atoms with Gasteiger partial charge in [-0.3, -0.25) is 24.2 Å². The molecule has 3 aliphatic heterocycles. The van der Waals surface area contributed by atoms with Gasteiger partial charge in [0.1, 0.15) is 41.2 Å². The van der Waals surface area contributed by atoms with E-state index in [2.05, 4.69) is 10.3 Å². The first kappa shape index (κ1) is 44.9. The first-order valence-corrected chi connectivity index (χ1v) is 20.4. The van der Waals surface area contributed by atoms with Gasteiger partial charge >= 0.3 is 18.0 Å². The van der Waals surface area contributed by atoms with Gasteiger partial charge in [0.25, 0.3) is 0 Å². The number of carbonyl (C=O) groups is 5. The van der Waals surface area contributed by atoms with Crippen molar-refractivity contribution in [3.63, 3.8) is 0 Å². The van der Waals surface area contributed by atoms with Crippen LogP contribution in [0.1, 0.15) is 86.6 Å². The number of benzene rings is 1. The van der Waals surface area contributed by atoms with Gasteiger partial charge < -0.3 is 39.0 Å². The number of nitrogens with one attached hydrogen (secondary N) is 1. The van der Waals surface area contributed by atoms with Gasteiger partial charge in [-0.15, -0.1) is 0 Å². The monoisotopic (exact) mass is 807 g/mol. The number of esters is 2. The number of hydrogen-bond acceptors (Lipinski definition) is 13. The van der Waals surface area contributed by atoms with Crippen molar-refractivity contribution in [3.05, 3.63) is 48.2 Å². The minimum atomic E-state index is -1.72. The highest BCUT2D eigenvalue weighted by molar-refractivity contribution is 6.00. The molecule has 4 heterocycles. The number of rotatable bonds is 8. The molecule has 1 amide bonds. The molecule has 3 aliphatic rings. The Hall–Kier alpha value is -4.24. The first-order valence-electron chi connectivity index (χ1n) is 20.4. The average molecular weight is 808 g/mol. The van der Waals surface area contributed by atoms with E-state index in [1.807, 2.05) is 62.3 Å². The molecule has 0 aliphatic carbocycles. The predicted octanol–water partition coefficient (Wildman–Crippen LogP) is 5.27. The first-order chi connectivity index (χ1) is 27.3. The number of aromatic nitrogens is 1. The fourth-order valence-corrected chi connectivity index (χ4v) is 9.17. The quantitative estimate of drug-likeness (QED) is 0.200. The fourth-order valence-electron chi connectivity index (χ4n) is 9.17. The van der Waals surface area contributed by atoms with Crippen LogP contribution in [-0.2, 0) is 42.9 Å². The van der Waals surface area contributed by atoms with Crippen molar-refractivity contribution in [1.82, 2.24) is 15.2 Å². The maximum atomic E-state index is 14.5. The van der Waals surface area contributed by atoms with E-state index in [1.165, 1.54) is 6.92 Å². The van der Waals surface area contributed by atoms with Crippen LogP contribution < -0.4 is 5.32 Å². The number of ether oxygens (including phenoxy) is 5. The van der Waals surface area contributed by atoms with Crippen molar-refractivity contribution in [2.24, 2.45) is 29.6 Å². The molecule has 0 saturated carbocycles. The summed E-state index contributed by atoms with van der Waals surface area (Å²) >= 11 is 0. The van der Waals surface area contributed by atoms with Crippen LogP contribution in [0.3, 0.4) is 0 Å². The van der Waals surface area contributed by atoms with Crippen molar-refractivity contribution in [2.45, 2.75) is 129 Å². The Morgan fingerprint density at radius 1 is 1.05 bits per heavy atom. The lowest BCUT2D eigenvalue weighted by Crippen LogP contribution is -2.60. The average Bonchev–Trinajstić information content (AvgIpc) is 3.50. The van der Waals surface area contributed by atoms with Crippen LogP contribution in [0.2, 0.25) is 0 Å². The molecular weight excluding hydrogens is 746 g/mol. The van der Waals surface area contributed by atoms with E-state index in [4.69, 9.17) is 23.7 Å². The molecule has 2 aromatic rings. The summed E-state index contributed by atoms with van der Waals surface area (Å²) < 4.78 is 30.9. The second-order valence-corrected chi connectivity index (χ2v) is 17.1. The number of hydrogen-bond donors (Lipinski definition) is 2. The standard InChI is InChI=1S/C44H61N3O11/c1-11-34-44(8)31(22-35(48)57-44)26(4)36(49)24(2)23-43(7,58-42(53)46-19-12-14-29-16-17-32-30(21-29)15-13-18-45-32)39(27(5)37(50)28(6)40(52)55-34)56-41-38(51)33(47(9)10)20-25(3)54-41/h12-18,21,24-28,31,33-34,38-39,41,51H,11,19-20,22-23H2,1-10H3,(H,46,53)/b14-12+/t24-,25-,26-,27+,28-,31-,33+,34-,38-,39-,41+,43-,44+/m1/s1. The van der Waals surface area contributed by atoms with Gasteiger partial charge in [-0.1, -0.05) is 52.0 Å². The molecule has 14 heteroatoms. The SMILES string of the molecule is CC[C@H]1OC(=O)[C@H](C)C(=O)[C@H](C)[C@@H](O[C@@H]2O[C@H](C)C[C@H](N(C)C)[C@H]2O)[C@](C)(OC(=O)NC/C=C/c2ccc3ncccc3c2)C[C@@H](C)C(=O)[C@H](C)[C@H]2CC(=O)O[C@@]21C. The molecule has 5 rings (SSSR count). The number of pyridine rings is 1. The van der Waals surface area contributed by atoms with Gasteiger partial charge in [0.2, 0.25) is 0 Å².